The Morgan fingerprint density at radius 1 is 1.22 bits per heavy atom. The maximum atomic E-state index is 4.38. The summed E-state index contributed by atoms with van der Waals surface area (Å²) in [5, 5.41) is 6.55. The number of aromatic nitrogens is 2. The SMILES string of the molecule is CNC(c1ccc2ncccc2c1)c1cscn1. The molecule has 0 amide bonds. The predicted octanol–water partition coefficient (Wildman–Crippen LogP) is 3.00. The quantitative estimate of drug-likeness (QED) is 0.781. The maximum Gasteiger partial charge on any atom is 0.0795 e. The molecule has 0 aliphatic heterocycles. The first-order chi connectivity index (χ1) is 8.88. The van der Waals surface area contributed by atoms with E-state index in [1.165, 1.54) is 5.56 Å². The predicted molar refractivity (Wildman–Crippen MR) is 74.8 cm³/mol. The van der Waals surface area contributed by atoms with E-state index in [0.717, 1.165) is 16.6 Å². The summed E-state index contributed by atoms with van der Waals surface area (Å²) in [4.78, 5) is 8.72. The molecule has 4 heteroatoms. The first-order valence-corrected chi connectivity index (χ1v) is 6.73. The number of rotatable bonds is 3. The van der Waals surface area contributed by atoms with E-state index in [2.05, 4.69) is 44.9 Å². The van der Waals surface area contributed by atoms with Gasteiger partial charge in [-0.25, -0.2) is 4.98 Å². The number of nitrogens with zero attached hydrogens (tertiary/aromatic N) is 2. The van der Waals surface area contributed by atoms with E-state index in [-0.39, 0.29) is 6.04 Å². The van der Waals surface area contributed by atoms with Gasteiger partial charge in [0.2, 0.25) is 0 Å². The van der Waals surface area contributed by atoms with E-state index in [0.29, 0.717) is 0 Å². The third-order valence-corrected chi connectivity index (χ3v) is 3.60. The Hall–Kier alpha value is -1.78. The van der Waals surface area contributed by atoms with Gasteiger partial charge in [0.15, 0.2) is 0 Å². The number of hydrogen-bond donors (Lipinski definition) is 1. The molecule has 2 heterocycles. The summed E-state index contributed by atoms with van der Waals surface area (Å²) >= 11 is 1.62. The summed E-state index contributed by atoms with van der Waals surface area (Å²) in [5.74, 6) is 0. The number of nitrogens with one attached hydrogen (secondary N) is 1. The van der Waals surface area contributed by atoms with Crippen molar-refractivity contribution in [3.8, 4) is 0 Å². The number of fused-ring (bicyclic) bond motifs is 1. The fourth-order valence-corrected chi connectivity index (χ4v) is 2.70. The number of thiazole rings is 1. The molecule has 0 fully saturated rings. The lowest BCUT2D eigenvalue weighted by Gasteiger charge is -2.14. The molecule has 0 saturated heterocycles. The van der Waals surface area contributed by atoms with Gasteiger partial charge in [-0.1, -0.05) is 12.1 Å². The van der Waals surface area contributed by atoms with E-state index in [9.17, 15) is 0 Å². The third-order valence-electron chi connectivity index (χ3n) is 3.00. The second-order valence-electron chi connectivity index (χ2n) is 4.09. The lowest BCUT2D eigenvalue weighted by atomic mass is 10.0. The first-order valence-electron chi connectivity index (χ1n) is 5.78. The normalized spacial score (nSPS) is 12.7. The van der Waals surface area contributed by atoms with Crippen LogP contribution < -0.4 is 5.32 Å². The Labute approximate surface area is 110 Å². The Morgan fingerprint density at radius 2 is 2.17 bits per heavy atom. The topological polar surface area (TPSA) is 37.8 Å². The van der Waals surface area contributed by atoms with Crippen LogP contribution >= 0.6 is 11.3 Å². The average Bonchev–Trinajstić information content (AvgIpc) is 2.93. The van der Waals surface area contributed by atoms with Gasteiger partial charge >= 0.3 is 0 Å². The molecule has 3 aromatic rings. The molecule has 3 nitrogen and oxygen atoms in total. The van der Waals surface area contributed by atoms with Crippen molar-refractivity contribution in [3.63, 3.8) is 0 Å². The van der Waals surface area contributed by atoms with Gasteiger partial charge < -0.3 is 5.32 Å². The molecule has 1 aromatic carbocycles. The van der Waals surface area contributed by atoms with Crippen LogP contribution in [0.4, 0.5) is 0 Å². The van der Waals surface area contributed by atoms with Crippen LogP contribution in [0.5, 0.6) is 0 Å². The molecular formula is C14H13N3S. The second-order valence-corrected chi connectivity index (χ2v) is 4.81. The fourth-order valence-electron chi connectivity index (χ4n) is 2.12. The molecule has 0 radical (unpaired) electrons. The van der Waals surface area contributed by atoms with E-state index in [1.807, 2.05) is 24.8 Å². The Morgan fingerprint density at radius 3 is 2.94 bits per heavy atom. The molecule has 18 heavy (non-hydrogen) atoms. The zero-order valence-electron chi connectivity index (χ0n) is 10.00. The van der Waals surface area contributed by atoms with Gasteiger partial charge in [-0.15, -0.1) is 11.3 Å². The van der Waals surface area contributed by atoms with Crippen LogP contribution in [0.3, 0.4) is 0 Å². The van der Waals surface area contributed by atoms with Crippen LogP contribution in [-0.4, -0.2) is 17.0 Å². The standard InChI is InChI=1S/C14H13N3S/c1-15-14(13-8-18-9-17-13)11-4-5-12-10(7-11)3-2-6-16-12/h2-9,14-15H,1H3. The zero-order valence-corrected chi connectivity index (χ0v) is 10.8. The van der Waals surface area contributed by atoms with Crippen molar-refractivity contribution < 1.29 is 0 Å². The summed E-state index contributed by atoms with van der Waals surface area (Å²) in [5.41, 5.74) is 5.16. The molecule has 1 unspecified atom stereocenters. The smallest absolute Gasteiger partial charge is 0.0795 e. The van der Waals surface area contributed by atoms with Crippen LogP contribution in [0, 0.1) is 0 Å². The Kier molecular flexibility index (Phi) is 3.04. The first kappa shape index (κ1) is 11.3. The van der Waals surface area contributed by atoms with Gasteiger partial charge in [0.05, 0.1) is 22.8 Å². The van der Waals surface area contributed by atoms with Crippen molar-refractivity contribution in [1.29, 1.82) is 0 Å². The highest BCUT2D eigenvalue weighted by Crippen LogP contribution is 2.24. The Bertz CT molecular complexity index is 649. The average molecular weight is 255 g/mol. The van der Waals surface area contributed by atoms with Gasteiger partial charge in [0.25, 0.3) is 0 Å². The molecule has 2 aromatic heterocycles. The van der Waals surface area contributed by atoms with Gasteiger partial charge in [0.1, 0.15) is 0 Å². The number of benzene rings is 1. The molecule has 0 spiro atoms. The third kappa shape index (κ3) is 2.00. The summed E-state index contributed by atoms with van der Waals surface area (Å²) < 4.78 is 0. The highest BCUT2D eigenvalue weighted by Gasteiger charge is 2.13. The Balaban J connectivity index is 2.07. The summed E-state index contributed by atoms with van der Waals surface area (Å²) in [7, 11) is 1.96. The molecular weight excluding hydrogens is 242 g/mol. The van der Waals surface area contributed by atoms with Crippen molar-refractivity contribution >= 4 is 22.2 Å². The highest BCUT2D eigenvalue weighted by molar-refractivity contribution is 7.07. The lowest BCUT2D eigenvalue weighted by Crippen LogP contribution is -2.17. The van der Waals surface area contributed by atoms with E-state index in [4.69, 9.17) is 0 Å². The van der Waals surface area contributed by atoms with Crippen LogP contribution in [0.15, 0.2) is 47.4 Å². The van der Waals surface area contributed by atoms with E-state index in [1.54, 1.807) is 11.3 Å². The van der Waals surface area contributed by atoms with Crippen molar-refractivity contribution in [2.75, 3.05) is 7.05 Å². The summed E-state index contributed by atoms with van der Waals surface area (Å²) in [6.07, 6.45) is 1.82. The second kappa shape index (κ2) is 4.84. The molecule has 90 valence electrons. The van der Waals surface area contributed by atoms with Gasteiger partial charge in [-0.05, 0) is 30.8 Å². The van der Waals surface area contributed by atoms with Crippen molar-refractivity contribution in [2.45, 2.75) is 6.04 Å². The number of pyridine rings is 1. The molecule has 1 N–H and O–H groups in total. The lowest BCUT2D eigenvalue weighted by molar-refractivity contribution is 0.676. The summed E-state index contributed by atoms with van der Waals surface area (Å²) in [6, 6.07) is 10.5. The zero-order chi connectivity index (χ0) is 12.4. The van der Waals surface area contributed by atoms with Gasteiger partial charge in [-0.3, -0.25) is 4.98 Å². The maximum absolute atomic E-state index is 4.38. The van der Waals surface area contributed by atoms with Crippen molar-refractivity contribution in [1.82, 2.24) is 15.3 Å². The minimum Gasteiger partial charge on any atom is -0.308 e. The van der Waals surface area contributed by atoms with Crippen molar-refractivity contribution in [2.24, 2.45) is 0 Å². The molecule has 0 aliphatic carbocycles. The van der Waals surface area contributed by atoms with Crippen LogP contribution in [0.1, 0.15) is 17.3 Å². The molecule has 1 atom stereocenters. The monoisotopic (exact) mass is 255 g/mol. The van der Waals surface area contributed by atoms with E-state index >= 15 is 0 Å². The van der Waals surface area contributed by atoms with E-state index < -0.39 is 0 Å². The van der Waals surface area contributed by atoms with Crippen molar-refractivity contribution in [3.05, 3.63) is 58.7 Å². The fraction of sp³-hybridized carbons (Fsp3) is 0.143. The van der Waals surface area contributed by atoms with Crippen LogP contribution in [-0.2, 0) is 0 Å². The molecule has 0 aliphatic rings. The minimum absolute atomic E-state index is 0.140. The highest BCUT2D eigenvalue weighted by atomic mass is 32.1. The molecule has 0 saturated carbocycles. The molecule has 3 rings (SSSR count). The number of hydrogen-bond acceptors (Lipinski definition) is 4. The van der Waals surface area contributed by atoms with Crippen LogP contribution in [0.25, 0.3) is 10.9 Å². The minimum atomic E-state index is 0.140. The van der Waals surface area contributed by atoms with Gasteiger partial charge in [0, 0.05) is 17.0 Å². The molecule has 0 bridgehead atoms. The largest absolute Gasteiger partial charge is 0.308 e. The van der Waals surface area contributed by atoms with Gasteiger partial charge in [-0.2, -0.15) is 0 Å². The van der Waals surface area contributed by atoms with Crippen LogP contribution in [0.2, 0.25) is 0 Å². The summed E-state index contributed by atoms with van der Waals surface area (Å²) in [6.45, 7) is 0.